The Balaban J connectivity index is 2.01. The largest absolute Gasteiger partial charge is 0.445 e. The number of rotatable bonds is 5. The molecule has 0 radical (unpaired) electrons. The molecule has 0 aromatic heterocycles. The quantitative estimate of drug-likeness (QED) is 0.782. The molecule has 1 heterocycles. The molecule has 1 aliphatic heterocycles. The Bertz CT molecular complexity index is 641. The maximum atomic E-state index is 12.5. The lowest BCUT2D eigenvalue weighted by molar-refractivity contribution is -0.266. The molecule has 1 aromatic rings. The smallest absolute Gasteiger partial charge is 0.408 e. The summed E-state index contributed by atoms with van der Waals surface area (Å²) in [5.41, 5.74) is -0.569. The molecule has 0 unspecified atom stereocenters. The first-order valence-electron chi connectivity index (χ1n) is 7.85. The van der Waals surface area contributed by atoms with E-state index in [9.17, 15) is 9.59 Å². The fourth-order valence-corrected chi connectivity index (χ4v) is 2.19. The lowest BCUT2D eigenvalue weighted by Crippen LogP contribution is -2.68. The normalized spacial score (nSPS) is 17.8. The number of carbonyl (C=O) groups is 2. The van der Waals surface area contributed by atoms with Gasteiger partial charge in [0, 0.05) is 0 Å². The summed E-state index contributed by atoms with van der Waals surface area (Å²) in [6, 6.07) is 9.22. The first kappa shape index (κ1) is 18.8. The zero-order valence-electron chi connectivity index (χ0n) is 14.3. The third-order valence-electron chi connectivity index (χ3n) is 3.67. The van der Waals surface area contributed by atoms with Crippen LogP contribution in [0.1, 0.15) is 19.4 Å². The number of amides is 2. The van der Waals surface area contributed by atoms with Gasteiger partial charge in [0.15, 0.2) is 11.3 Å². The van der Waals surface area contributed by atoms with Gasteiger partial charge in [0.1, 0.15) is 6.61 Å². The zero-order valence-corrected chi connectivity index (χ0v) is 14.3. The summed E-state index contributed by atoms with van der Waals surface area (Å²) in [5, 5.41) is 5.10. The van der Waals surface area contributed by atoms with Crippen molar-refractivity contribution in [3.05, 3.63) is 35.9 Å². The average molecular weight is 346 g/mol. The molecule has 7 heteroatoms. The van der Waals surface area contributed by atoms with Crippen LogP contribution in [0.4, 0.5) is 4.79 Å². The molecule has 0 bridgehead atoms. The van der Waals surface area contributed by atoms with Gasteiger partial charge in [-0.25, -0.2) is 4.79 Å². The fourth-order valence-electron chi connectivity index (χ4n) is 2.19. The third kappa shape index (κ3) is 5.21. The van der Waals surface area contributed by atoms with E-state index in [2.05, 4.69) is 16.6 Å². The number of hydrogen-bond acceptors (Lipinski definition) is 5. The van der Waals surface area contributed by atoms with E-state index in [1.807, 2.05) is 30.3 Å². The van der Waals surface area contributed by atoms with E-state index < -0.39 is 23.3 Å². The van der Waals surface area contributed by atoms with Crippen molar-refractivity contribution in [2.75, 3.05) is 19.8 Å². The highest BCUT2D eigenvalue weighted by Gasteiger charge is 2.47. The van der Waals surface area contributed by atoms with Gasteiger partial charge in [0.05, 0.1) is 19.8 Å². The van der Waals surface area contributed by atoms with Crippen LogP contribution in [0.3, 0.4) is 0 Å². The van der Waals surface area contributed by atoms with E-state index in [1.54, 1.807) is 13.8 Å². The lowest BCUT2D eigenvalue weighted by atomic mass is 9.99. The number of ether oxygens (including phenoxy) is 3. The van der Waals surface area contributed by atoms with E-state index >= 15 is 0 Å². The second-order valence-electron chi connectivity index (χ2n) is 6.13. The summed E-state index contributed by atoms with van der Waals surface area (Å²) in [7, 11) is 0. The molecule has 1 saturated heterocycles. The number of alkyl carbamates (subject to hydrolysis) is 1. The Hall–Kier alpha value is -2.56. The first-order valence-corrected chi connectivity index (χ1v) is 7.85. The number of benzene rings is 1. The van der Waals surface area contributed by atoms with Crippen LogP contribution in [0.15, 0.2) is 30.3 Å². The van der Waals surface area contributed by atoms with Crippen LogP contribution >= 0.6 is 0 Å². The molecule has 0 saturated carbocycles. The Labute approximate surface area is 147 Å². The highest BCUT2D eigenvalue weighted by molar-refractivity contribution is 5.90. The molecule has 0 atom stereocenters. The van der Waals surface area contributed by atoms with Crippen LogP contribution in [0.2, 0.25) is 0 Å². The molecule has 25 heavy (non-hydrogen) atoms. The summed E-state index contributed by atoms with van der Waals surface area (Å²) in [4.78, 5) is 24.6. The predicted molar refractivity (Wildman–Crippen MR) is 90.3 cm³/mol. The number of nitrogens with one attached hydrogen (secondary N) is 2. The van der Waals surface area contributed by atoms with Crippen molar-refractivity contribution in [1.82, 2.24) is 10.6 Å². The third-order valence-corrected chi connectivity index (χ3v) is 3.67. The number of hydrogen-bond donors (Lipinski definition) is 2. The van der Waals surface area contributed by atoms with Gasteiger partial charge in [-0.2, -0.15) is 0 Å². The van der Waals surface area contributed by atoms with Gasteiger partial charge in [-0.3, -0.25) is 4.79 Å². The Morgan fingerprint density at radius 3 is 2.48 bits per heavy atom. The summed E-state index contributed by atoms with van der Waals surface area (Å²) >= 11 is 0. The van der Waals surface area contributed by atoms with Crippen molar-refractivity contribution in [1.29, 1.82) is 0 Å². The van der Waals surface area contributed by atoms with Crippen molar-refractivity contribution >= 4 is 12.0 Å². The monoisotopic (exact) mass is 346 g/mol. The predicted octanol–water partition coefficient (Wildman–Crippen LogP) is 1.18. The minimum Gasteiger partial charge on any atom is -0.445 e. The van der Waals surface area contributed by atoms with Crippen molar-refractivity contribution in [3.63, 3.8) is 0 Å². The number of terminal acetylenes is 1. The van der Waals surface area contributed by atoms with Crippen molar-refractivity contribution < 1.29 is 23.8 Å². The van der Waals surface area contributed by atoms with Crippen molar-refractivity contribution in [2.45, 2.75) is 31.8 Å². The molecule has 1 fully saturated rings. The van der Waals surface area contributed by atoms with Gasteiger partial charge < -0.3 is 24.8 Å². The molecule has 134 valence electrons. The van der Waals surface area contributed by atoms with Crippen LogP contribution in [0.5, 0.6) is 0 Å². The minimum absolute atomic E-state index is 0.0325. The van der Waals surface area contributed by atoms with E-state index in [4.69, 9.17) is 20.6 Å². The van der Waals surface area contributed by atoms with E-state index in [0.29, 0.717) is 0 Å². The van der Waals surface area contributed by atoms with Gasteiger partial charge in [0.25, 0.3) is 5.91 Å². The molecular formula is C18H22N2O5. The zero-order chi connectivity index (χ0) is 18.3. The van der Waals surface area contributed by atoms with Gasteiger partial charge >= 0.3 is 6.09 Å². The Morgan fingerprint density at radius 1 is 1.24 bits per heavy atom. The minimum atomic E-state index is -1.40. The van der Waals surface area contributed by atoms with Gasteiger partial charge in [-0.15, -0.1) is 6.42 Å². The Kier molecular flexibility index (Phi) is 6.02. The lowest BCUT2D eigenvalue weighted by Gasteiger charge is -2.42. The Morgan fingerprint density at radius 2 is 1.88 bits per heavy atom. The molecule has 2 N–H and O–H groups in total. The van der Waals surface area contributed by atoms with Gasteiger partial charge in [-0.05, 0) is 19.4 Å². The first-order chi connectivity index (χ1) is 11.9. The van der Waals surface area contributed by atoms with E-state index in [-0.39, 0.29) is 26.4 Å². The molecule has 7 nitrogen and oxygen atoms in total. The molecule has 1 aliphatic rings. The van der Waals surface area contributed by atoms with Crippen molar-refractivity contribution in [3.8, 4) is 12.3 Å². The van der Waals surface area contributed by atoms with Gasteiger partial charge in [0.2, 0.25) is 0 Å². The van der Waals surface area contributed by atoms with Crippen molar-refractivity contribution in [2.24, 2.45) is 0 Å². The maximum absolute atomic E-state index is 12.5. The second kappa shape index (κ2) is 8.01. The average Bonchev–Trinajstić information content (AvgIpc) is 2.61. The van der Waals surface area contributed by atoms with Crippen LogP contribution < -0.4 is 10.6 Å². The molecule has 0 spiro atoms. The summed E-state index contributed by atoms with van der Waals surface area (Å²) < 4.78 is 16.3. The highest BCUT2D eigenvalue weighted by Crippen LogP contribution is 2.24. The van der Waals surface area contributed by atoms with E-state index in [1.165, 1.54) is 0 Å². The highest BCUT2D eigenvalue weighted by atomic mass is 16.7. The van der Waals surface area contributed by atoms with E-state index in [0.717, 1.165) is 5.56 Å². The summed E-state index contributed by atoms with van der Waals surface area (Å²) in [5.74, 6) is 0.984. The molecular weight excluding hydrogens is 324 g/mol. The van der Waals surface area contributed by atoms with Crippen LogP contribution in [-0.4, -0.2) is 43.1 Å². The SMILES string of the molecule is C#CCNC(=O)C1(NC(=O)OCc2ccccc2)COC(C)(C)OC1. The number of carbonyl (C=O) groups excluding carboxylic acids is 2. The fraction of sp³-hybridized carbons (Fsp3) is 0.444. The standard InChI is InChI=1S/C18H22N2O5/c1-4-10-19-15(21)18(12-24-17(2,3)25-13-18)20-16(22)23-11-14-8-6-5-7-9-14/h1,5-9H,10-13H2,2-3H3,(H,19,21)(H,20,22). The van der Waals surface area contributed by atoms with Crippen LogP contribution in [0.25, 0.3) is 0 Å². The molecule has 0 aliphatic carbocycles. The van der Waals surface area contributed by atoms with Crippen LogP contribution in [0, 0.1) is 12.3 Å². The molecule has 2 rings (SSSR count). The maximum Gasteiger partial charge on any atom is 0.408 e. The van der Waals surface area contributed by atoms with Crippen LogP contribution in [-0.2, 0) is 25.6 Å². The van der Waals surface area contributed by atoms with Gasteiger partial charge in [-0.1, -0.05) is 36.3 Å². The molecule has 1 aromatic carbocycles. The summed E-state index contributed by atoms with van der Waals surface area (Å²) in [6.45, 7) is 3.45. The second-order valence-corrected chi connectivity index (χ2v) is 6.13. The summed E-state index contributed by atoms with van der Waals surface area (Å²) in [6.07, 6.45) is 4.42. The molecule has 2 amide bonds. The topological polar surface area (TPSA) is 85.9 Å².